The first kappa shape index (κ1) is 77.0. The lowest BCUT2D eigenvalue weighted by Crippen LogP contribution is -2.55. The van der Waals surface area contributed by atoms with Crippen molar-refractivity contribution in [1.29, 1.82) is 0 Å². The highest BCUT2D eigenvalue weighted by Crippen LogP contribution is 2.31. The van der Waals surface area contributed by atoms with Crippen LogP contribution in [0.3, 0.4) is 0 Å². The zero-order valence-electron chi connectivity index (χ0n) is 52.0. The number of carbonyl (C=O) groups is 5. The Morgan fingerprint density at radius 3 is 1.02 bits per heavy atom. The van der Waals surface area contributed by atoms with Crippen molar-refractivity contribution in [3.8, 4) is 0 Å². The molecule has 3 rings (SSSR count). The maximum Gasteiger partial charge on any atom is 0.220 e. The first-order chi connectivity index (χ1) is 41.2. The maximum absolute atomic E-state index is 13.9. The molecule has 3 saturated heterocycles. The first-order valence-corrected chi connectivity index (χ1v) is 31.9. The van der Waals surface area contributed by atoms with Gasteiger partial charge in [-0.1, -0.05) is 59.3 Å². The van der Waals surface area contributed by atoms with Crippen LogP contribution in [0.25, 0.3) is 0 Å². The van der Waals surface area contributed by atoms with Gasteiger partial charge < -0.3 is 106 Å². The molecule has 3 heterocycles. The quantitative estimate of drug-likeness (QED) is 0.0371. The summed E-state index contributed by atoms with van der Waals surface area (Å²) in [7, 11) is 0. The van der Waals surface area contributed by atoms with E-state index in [1.165, 1.54) is 0 Å². The molecule has 0 aromatic carbocycles. The number of carbonyl (C=O) groups excluding carboxylic acids is 5. The Kier molecular flexibility index (Phi) is 38.9. The second-order valence-electron chi connectivity index (χ2n) is 23.9. The molecule has 0 aromatic rings. The largest absolute Gasteiger partial charge is 0.394 e. The molecule has 3 aliphatic rings. The zero-order valence-corrected chi connectivity index (χ0v) is 52.0. The highest BCUT2D eigenvalue weighted by Gasteiger charge is 2.45. The van der Waals surface area contributed by atoms with Crippen molar-refractivity contribution in [3.63, 3.8) is 0 Å². The van der Waals surface area contributed by atoms with Gasteiger partial charge in [-0.05, 0) is 84.5 Å². The third-order valence-corrected chi connectivity index (χ3v) is 16.4. The molecule has 26 nitrogen and oxygen atoms in total. The Balaban J connectivity index is 1.59. The van der Waals surface area contributed by atoms with Crippen LogP contribution in [0.4, 0.5) is 0 Å². The number of hydrogen-bond acceptors (Lipinski definition) is 21. The van der Waals surface area contributed by atoms with Gasteiger partial charge >= 0.3 is 0 Å². The van der Waals surface area contributed by atoms with Crippen molar-refractivity contribution < 1.29 is 103 Å². The van der Waals surface area contributed by atoms with Crippen molar-refractivity contribution in [2.75, 3.05) is 72.4 Å². The van der Waals surface area contributed by atoms with Crippen molar-refractivity contribution in [2.45, 2.75) is 261 Å². The van der Waals surface area contributed by atoms with Crippen LogP contribution in [0.2, 0.25) is 0 Å². The molecule has 0 aromatic heterocycles. The molecular formula is C60H111N5O21. The Hall–Kier alpha value is -3.29. The molecule has 0 bridgehead atoms. The van der Waals surface area contributed by atoms with E-state index in [-0.39, 0.29) is 93.4 Å². The molecule has 3 aliphatic heterocycles. The van der Waals surface area contributed by atoms with E-state index in [4.69, 9.17) is 33.2 Å². The lowest BCUT2D eigenvalue weighted by Gasteiger charge is -2.40. The minimum atomic E-state index is -1.21. The number of aliphatic hydroxyl groups excluding tert-OH is 9. The number of rotatable bonds is 46. The molecule has 86 heavy (non-hydrogen) atoms. The van der Waals surface area contributed by atoms with Gasteiger partial charge in [-0.25, -0.2) is 0 Å². The number of aliphatic hydroxyl groups is 9. The molecule has 0 spiro atoms. The third-order valence-electron chi connectivity index (χ3n) is 16.4. The van der Waals surface area contributed by atoms with Gasteiger partial charge in [0.15, 0.2) is 18.9 Å². The Morgan fingerprint density at radius 1 is 0.395 bits per heavy atom. The summed E-state index contributed by atoms with van der Waals surface area (Å²) < 4.78 is 39.9. The van der Waals surface area contributed by atoms with Gasteiger partial charge in [0.05, 0.1) is 44.2 Å². The Bertz CT molecular complexity index is 1710. The molecule has 14 N–H and O–H groups in total. The summed E-state index contributed by atoms with van der Waals surface area (Å²) in [4.78, 5) is 67.1. The molecule has 0 radical (unpaired) electrons. The molecule has 26 heteroatoms. The summed E-state index contributed by atoms with van der Waals surface area (Å²) in [6, 6.07) is 0. The number of ether oxygens (including phenoxy) is 7. The normalized spacial score (nSPS) is 28.4. The standard InChI is InChI=1S/C60H111N5O21/c1-39(2)80-35-19-31-64-46(69)20-18-21-50(73)65-60(25-22-47(70)61-28-12-6-9-15-32-81-57-40(3)51(74)54(77)43(36-66)84-57,26-23-48(71)62-29-13-7-10-16-33-82-58-41(4)52(75)55(78)44(37-67)85-58)27-24-49(72)63-30-14-8-11-17-34-83-59-42(5)53(76)56(79)45(38-68)86-59/h39-45,51-59,66-68,74-79H,6-38H2,1-5H3,(H,61,70)(H,62,71)(H,63,72)(H,64,69)(H,65,73). The van der Waals surface area contributed by atoms with E-state index in [1.54, 1.807) is 20.8 Å². The molecule has 5 amide bonds. The smallest absolute Gasteiger partial charge is 0.220 e. The van der Waals surface area contributed by atoms with Crippen molar-refractivity contribution in [2.24, 2.45) is 17.8 Å². The highest BCUT2D eigenvalue weighted by molar-refractivity contribution is 5.81. The van der Waals surface area contributed by atoms with Crippen molar-refractivity contribution in [1.82, 2.24) is 26.6 Å². The zero-order chi connectivity index (χ0) is 63.4. The summed E-state index contributed by atoms with van der Waals surface area (Å²) in [5.41, 5.74) is -1.16. The summed E-state index contributed by atoms with van der Waals surface area (Å²) in [5, 5.41) is 105. The second-order valence-corrected chi connectivity index (χ2v) is 23.9. The Morgan fingerprint density at radius 2 is 0.698 bits per heavy atom. The van der Waals surface area contributed by atoms with Gasteiger partial charge in [0, 0.05) is 108 Å². The topological polar surface area (TPSA) is 392 Å². The van der Waals surface area contributed by atoms with Crippen molar-refractivity contribution in [3.05, 3.63) is 0 Å². The second kappa shape index (κ2) is 43.4. The monoisotopic (exact) mass is 1240 g/mol. The predicted molar refractivity (Wildman–Crippen MR) is 314 cm³/mol. The average molecular weight is 1240 g/mol. The molecule has 3 fully saturated rings. The molecular weight excluding hydrogens is 1130 g/mol. The van der Waals surface area contributed by atoms with Crippen LogP contribution in [0, 0.1) is 17.8 Å². The maximum atomic E-state index is 13.9. The van der Waals surface area contributed by atoms with Crippen LogP contribution in [0.15, 0.2) is 0 Å². The number of nitrogens with one attached hydrogen (secondary N) is 5. The predicted octanol–water partition coefficient (Wildman–Crippen LogP) is 0.589. The lowest BCUT2D eigenvalue weighted by molar-refractivity contribution is -0.282. The van der Waals surface area contributed by atoms with Gasteiger partial charge in [-0.15, -0.1) is 0 Å². The van der Waals surface area contributed by atoms with Crippen LogP contribution >= 0.6 is 0 Å². The van der Waals surface area contributed by atoms with E-state index in [2.05, 4.69) is 26.6 Å². The number of amides is 5. The lowest BCUT2D eigenvalue weighted by atomic mass is 9.82. The summed E-state index contributed by atoms with van der Waals surface area (Å²) >= 11 is 0. The van der Waals surface area contributed by atoms with Gasteiger partial charge in [0.25, 0.3) is 0 Å². The fourth-order valence-electron chi connectivity index (χ4n) is 10.6. The van der Waals surface area contributed by atoms with Crippen LogP contribution in [-0.4, -0.2) is 233 Å². The first-order valence-electron chi connectivity index (χ1n) is 31.9. The molecule has 0 aliphatic carbocycles. The SMILES string of the molecule is CC(C)OCCCNC(=O)CCCC(=O)NC(CCC(=O)NCCCCCCOC1OC(CO)C(O)C(O)C1C)(CCC(=O)NCCCCCCOC1OC(CO)C(O)C(O)C1C)CCC(=O)NCCCCCCOC1OC(CO)C(O)C(O)C1C. The van der Waals surface area contributed by atoms with Gasteiger partial charge in [0.2, 0.25) is 29.5 Å². The third kappa shape index (κ3) is 29.1. The van der Waals surface area contributed by atoms with E-state index in [0.29, 0.717) is 97.6 Å². The van der Waals surface area contributed by atoms with Gasteiger partial charge in [-0.2, -0.15) is 0 Å². The van der Waals surface area contributed by atoms with E-state index >= 15 is 0 Å². The van der Waals surface area contributed by atoms with E-state index in [1.807, 2.05) is 13.8 Å². The van der Waals surface area contributed by atoms with Crippen molar-refractivity contribution >= 4 is 29.5 Å². The highest BCUT2D eigenvalue weighted by atomic mass is 16.7. The molecule has 15 atom stereocenters. The molecule has 15 unspecified atom stereocenters. The van der Waals surface area contributed by atoms with Crippen LogP contribution in [0.1, 0.15) is 176 Å². The minimum absolute atomic E-state index is 0.0137. The van der Waals surface area contributed by atoms with Gasteiger partial charge in [0.1, 0.15) is 36.6 Å². The van der Waals surface area contributed by atoms with Crippen LogP contribution < -0.4 is 26.6 Å². The van der Waals surface area contributed by atoms with Crippen LogP contribution in [-0.2, 0) is 57.1 Å². The number of hydrogen-bond donors (Lipinski definition) is 14. The van der Waals surface area contributed by atoms with Gasteiger partial charge in [-0.3, -0.25) is 24.0 Å². The summed E-state index contributed by atoms with van der Waals surface area (Å²) in [5.74, 6) is -2.89. The van der Waals surface area contributed by atoms with E-state index in [0.717, 1.165) is 38.5 Å². The summed E-state index contributed by atoms with van der Waals surface area (Å²) in [6.07, 6.45) is -2.13. The Labute approximate surface area is 509 Å². The van der Waals surface area contributed by atoms with E-state index < -0.39 is 117 Å². The minimum Gasteiger partial charge on any atom is -0.394 e. The fraction of sp³-hybridized carbons (Fsp3) is 0.917. The summed E-state index contributed by atoms with van der Waals surface area (Å²) in [6.45, 7) is 10.7. The average Bonchev–Trinajstić information content (AvgIpc) is 1.83. The molecule has 0 saturated carbocycles. The van der Waals surface area contributed by atoms with Crippen LogP contribution in [0.5, 0.6) is 0 Å². The number of unbranched alkanes of at least 4 members (excludes halogenated alkanes) is 9. The fourth-order valence-corrected chi connectivity index (χ4v) is 10.6. The molecule has 502 valence electrons. The van der Waals surface area contributed by atoms with E-state index in [9.17, 15) is 69.9 Å².